The summed E-state index contributed by atoms with van der Waals surface area (Å²) >= 11 is 0. The van der Waals surface area contributed by atoms with Crippen LogP contribution in [0, 0.1) is 0 Å². The second-order valence-electron chi connectivity index (χ2n) is 5.89. The summed E-state index contributed by atoms with van der Waals surface area (Å²) in [5, 5.41) is 0. The maximum absolute atomic E-state index is 8.74. The Morgan fingerprint density at radius 2 is 1.60 bits per heavy atom. The van der Waals surface area contributed by atoms with Crippen LogP contribution in [-0.2, 0) is 15.1 Å². The fraction of sp³-hybridized carbons (Fsp3) is 0.647. The van der Waals surface area contributed by atoms with E-state index in [1.54, 1.807) is 0 Å². The standard InChI is InChI=1S/C17H26O2.Na.H2O4S.H/c1-2-3-4-5-6-10-13-17(14-15-18-17)19-16-11-8-7-9-12-16;;1-5(2,3)4;/h7-9,11-12H,2-6,10,13-15H2,1H3;;(H2,1,2,3,4);. The molecule has 1 aromatic rings. The summed E-state index contributed by atoms with van der Waals surface area (Å²) in [6.45, 7) is 3.09. The summed E-state index contributed by atoms with van der Waals surface area (Å²) in [4.78, 5) is 0. The number of unbranched alkanes of at least 4 members (excludes halogenated alkanes) is 5. The van der Waals surface area contributed by atoms with Gasteiger partial charge in [-0.15, -0.1) is 0 Å². The zero-order valence-electron chi connectivity index (χ0n) is 14.2. The molecule has 1 atom stereocenters. The molecule has 25 heavy (non-hydrogen) atoms. The molecule has 0 saturated carbocycles. The molecule has 0 spiro atoms. The Morgan fingerprint density at radius 1 is 1.08 bits per heavy atom. The molecule has 2 N–H and O–H groups in total. The predicted molar refractivity (Wildman–Crippen MR) is 99.7 cm³/mol. The number of rotatable bonds is 9. The first kappa shape index (κ1) is 24.8. The van der Waals surface area contributed by atoms with E-state index in [9.17, 15) is 0 Å². The molecular weight excluding hydrogens is 355 g/mol. The fourth-order valence-corrected chi connectivity index (χ4v) is 2.54. The number of para-hydroxylation sites is 1. The van der Waals surface area contributed by atoms with Crippen molar-refractivity contribution in [3.63, 3.8) is 0 Å². The van der Waals surface area contributed by atoms with E-state index < -0.39 is 10.4 Å². The van der Waals surface area contributed by atoms with E-state index in [2.05, 4.69) is 6.92 Å². The molecule has 6 nitrogen and oxygen atoms in total. The van der Waals surface area contributed by atoms with Gasteiger partial charge >= 0.3 is 40.0 Å². The van der Waals surface area contributed by atoms with Crippen molar-refractivity contribution in [3.8, 4) is 5.75 Å². The second kappa shape index (κ2) is 13.1. The summed E-state index contributed by atoms with van der Waals surface area (Å²) < 4.78 is 43.4. The van der Waals surface area contributed by atoms with E-state index in [4.69, 9.17) is 27.0 Å². The summed E-state index contributed by atoms with van der Waals surface area (Å²) in [7, 11) is -4.67. The Morgan fingerprint density at radius 3 is 2.08 bits per heavy atom. The monoisotopic (exact) mass is 384 g/mol. The predicted octanol–water partition coefficient (Wildman–Crippen LogP) is 3.63. The molecule has 0 aromatic heterocycles. The van der Waals surface area contributed by atoms with E-state index >= 15 is 0 Å². The van der Waals surface area contributed by atoms with E-state index in [-0.39, 0.29) is 35.3 Å². The van der Waals surface area contributed by atoms with Gasteiger partial charge in [0.1, 0.15) is 5.75 Å². The topological polar surface area (TPSA) is 93.1 Å². The number of hydrogen-bond acceptors (Lipinski definition) is 4. The van der Waals surface area contributed by atoms with Crippen molar-refractivity contribution in [2.24, 2.45) is 0 Å². The first-order valence-electron chi connectivity index (χ1n) is 8.42. The average Bonchev–Trinajstić information content (AvgIpc) is 2.47. The minimum atomic E-state index is -4.67. The molecule has 1 heterocycles. The first-order chi connectivity index (χ1) is 11.3. The van der Waals surface area contributed by atoms with Crippen LogP contribution in [0.5, 0.6) is 5.75 Å². The van der Waals surface area contributed by atoms with Crippen molar-refractivity contribution in [2.45, 2.75) is 64.1 Å². The van der Waals surface area contributed by atoms with Crippen LogP contribution >= 0.6 is 0 Å². The van der Waals surface area contributed by atoms with Crippen LogP contribution in [0.1, 0.15) is 58.3 Å². The zero-order valence-corrected chi connectivity index (χ0v) is 15.0. The van der Waals surface area contributed by atoms with E-state index in [1.807, 2.05) is 30.3 Å². The molecular formula is C17H29NaO6S. The molecule has 2 rings (SSSR count). The van der Waals surface area contributed by atoms with Gasteiger partial charge in [0.15, 0.2) is 0 Å². The van der Waals surface area contributed by atoms with E-state index in [0.717, 1.165) is 25.2 Å². The third-order valence-electron chi connectivity index (χ3n) is 3.81. The Labute approximate surface area is 173 Å². The average molecular weight is 384 g/mol. The number of hydrogen-bond donors (Lipinski definition) is 2. The molecule has 0 radical (unpaired) electrons. The van der Waals surface area contributed by atoms with E-state index in [1.165, 1.54) is 38.5 Å². The van der Waals surface area contributed by atoms with Gasteiger partial charge in [0.2, 0.25) is 5.79 Å². The number of benzene rings is 1. The quantitative estimate of drug-likeness (QED) is 0.384. The van der Waals surface area contributed by atoms with Gasteiger partial charge in [0, 0.05) is 12.8 Å². The van der Waals surface area contributed by atoms with Gasteiger partial charge in [0.25, 0.3) is 0 Å². The molecule has 1 aliphatic heterocycles. The van der Waals surface area contributed by atoms with Crippen LogP contribution < -0.4 is 4.74 Å². The first-order valence-corrected chi connectivity index (χ1v) is 9.82. The van der Waals surface area contributed by atoms with Crippen molar-refractivity contribution in [1.82, 2.24) is 0 Å². The summed E-state index contributed by atoms with van der Waals surface area (Å²) in [5.74, 6) is 0.597. The summed E-state index contributed by atoms with van der Waals surface area (Å²) in [6.07, 6.45) is 9.93. The van der Waals surface area contributed by atoms with E-state index in [0.29, 0.717) is 0 Å². The fourth-order valence-electron chi connectivity index (χ4n) is 2.54. The Hall–Kier alpha value is -0.150. The Bertz CT molecular complexity index is 538. The van der Waals surface area contributed by atoms with Gasteiger partial charge in [-0.2, -0.15) is 8.42 Å². The molecule has 1 unspecified atom stereocenters. The maximum atomic E-state index is 8.74. The molecule has 8 heteroatoms. The van der Waals surface area contributed by atoms with Crippen molar-refractivity contribution in [2.75, 3.05) is 6.61 Å². The van der Waals surface area contributed by atoms with Crippen molar-refractivity contribution in [3.05, 3.63) is 30.3 Å². The normalized spacial score (nSPS) is 19.0. The molecule has 1 fully saturated rings. The molecule has 0 amide bonds. The van der Waals surface area contributed by atoms with Gasteiger partial charge in [-0.3, -0.25) is 9.11 Å². The second-order valence-corrected chi connectivity index (χ2v) is 6.79. The molecule has 140 valence electrons. The third kappa shape index (κ3) is 12.8. The van der Waals surface area contributed by atoms with Gasteiger partial charge in [-0.1, -0.05) is 57.2 Å². The molecule has 0 aliphatic carbocycles. The van der Waals surface area contributed by atoms with Gasteiger partial charge in [-0.25, -0.2) is 0 Å². The van der Waals surface area contributed by atoms with Gasteiger partial charge in [-0.05, 0) is 18.6 Å². The SMILES string of the molecule is CCCCCCCCC1(Oc2ccccc2)CCO1.O=S(=O)(O)O.[NaH]. The van der Waals surface area contributed by atoms with Crippen LogP contribution in [0.3, 0.4) is 0 Å². The molecule has 1 saturated heterocycles. The van der Waals surface area contributed by atoms with Gasteiger partial charge < -0.3 is 9.47 Å². The Balaban J connectivity index is 0.000000848. The van der Waals surface area contributed by atoms with Crippen molar-refractivity contribution < 1.29 is 27.0 Å². The van der Waals surface area contributed by atoms with Gasteiger partial charge in [0.05, 0.1) is 6.61 Å². The third-order valence-corrected chi connectivity index (χ3v) is 3.81. The summed E-state index contributed by atoms with van der Waals surface area (Å²) in [5.41, 5.74) is 0. The van der Waals surface area contributed by atoms with Crippen LogP contribution in [0.2, 0.25) is 0 Å². The Kier molecular flexibility index (Phi) is 13.0. The van der Waals surface area contributed by atoms with Crippen LogP contribution in [0.15, 0.2) is 30.3 Å². The minimum absolute atomic E-state index is 0. The van der Waals surface area contributed by atoms with Crippen molar-refractivity contribution in [1.29, 1.82) is 0 Å². The molecule has 1 aliphatic rings. The molecule has 0 bridgehead atoms. The molecule has 1 aromatic carbocycles. The number of ether oxygens (including phenoxy) is 2. The summed E-state index contributed by atoms with van der Waals surface area (Å²) in [6, 6.07) is 10.0. The van der Waals surface area contributed by atoms with Crippen LogP contribution in [-0.4, -0.2) is 59.5 Å². The van der Waals surface area contributed by atoms with Crippen LogP contribution in [0.4, 0.5) is 0 Å². The van der Waals surface area contributed by atoms with Crippen LogP contribution in [0.25, 0.3) is 0 Å². The zero-order chi connectivity index (χ0) is 17.9. The van der Waals surface area contributed by atoms with Crippen molar-refractivity contribution >= 4 is 40.0 Å².